The predicted octanol–water partition coefficient (Wildman–Crippen LogP) is 2.92. The summed E-state index contributed by atoms with van der Waals surface area (Å²) in [6.45, 7) is 6.18. The van der Waals surface area contributed by atoms with E-state index < -0.39 is 0 Å². The van der Waals surface area contributed by atoms with Crippen LogP contribution in [0.2, 0.25) is 0 Å². The Morgan fingerprint density at radius 2 is 2.06 bits per heavy atom. The second kappa shape index (κ2) is 4.72. The van der Waals surface area contributed by atoms with E-state index in [1.807, 2.05) is 30.8 Å². The molecule has 0 aliphatic carbocycles. The van der Waals surface area contributed by atoms with E-state index in [1.165, 1.54) is 5.56 Å². The first-order valence-corrected chi connectivity index (χ1v) is 6.04. The summed E-state index contributed by atoms with van der Waals surface area (Å²) in [5.41, 5.74) is 4.31. The van der Waals surface area contributed by atoms with Crippen molar-refractivity contribution in [3.63, 3.8) is 0 Å². The van der Waals surface area contributed by atoms with Gasteiger partial charge in [0.1, 0.15) is 5.75 Å². The standard InChI is InChI=1S/C14H19N3O/c1-9(14-10(2)16-17(4)11(14)3)15-12-6-5-7-13(18)8-12/h5-9,15,18H,1-4H3. The van der Waals surface area contributed by atoms with Crippen LogP contribution in [0.4, 0.5) is 5.69 Å². The van der Waals surface area contributed by atoms with Crippen LogP contribution in [-0.4, -0.2) is 14.9 Å². The zero-order valence-electron chi connectivity index (χ0n) is 11.2. The van der Waals surface area contributed by atoms with E-state index in [1.54, 1.807) is 12.1 Å². The van der Waals surface area contributed by atoms with E-state index in [9.17, 15) is 5.11 Å². The Morgan fingerprint density at radius 1 is 1.33 bits per heavy atom. The number of benzene rings is 1. The van der Waals surface area contributed by atoms with Crippen molar-refractivity contribution in [3.8, 4) is 5.75 Å². The van der Waals surface area contributed by atoms with Crippen LogP contribution in [0.3, 0.4) is 0 Å². The van der Waals surface area contributed by atoms with Crippen LogP contribution >= 0.6 is 0 Å². The molecule has 2 aromatic rings. The van der Waals surface area contributed by atoms with E-state index in [4.69, 9.17) is 0 Å². The van der Waals surface area contributed by atoms with E-state index in [0.717, 1.165) is 17.1 Å². The molecule has 0 saturated heterocycles. The summed E-state index contributed by atoms with van der Waals surface area (Å²) in [4.78, 5) is 0. The van der Waals surface area contributed by atoms with Crippen molar-refractivity contribution in [2.75, 3.05) is 5.32 Å². The number of phenols is 1. The molecule has 18 heavy (non-hydrogen) atoms. The van der Waals surface area contributed by atoms with Crippen LogP contribution in [0, 0.1) is 13.8 Å². The molecule has 2 rings (SSSR count). The Morgan fingerprint density at radius 3 is 2.61 bits per heavy atom. The summed E-state index contributed by atoms with van der Waals surface area (Å²) in [5, 5.41) is 17.3. The molecular formula is C14H19N3O. The Hall–Kier alpha value is -1.97. The molecule has 1 aromatic heterocycles. The molecule has 4 heteroatoms. The van der Waals surface area contributed by atoms with Crippen LogP contribution in [0.1, 0.15) is 29.9 Å². The van der Waals surface area contributed by atoms with Gasteiger partial charge in [0.05, 0.1) is 11.7 Å². The minimum Gasteiger partial charge on any atom is -0.508 e. The fourth-order valence-corrected chi connectivity index (χ4v) is 2.33. The molecule has 0 amide bonds. The number of anilines is 1. The van der Waals surface area contributed by atoms with E-state index in [-0.39, 0.29) is 11.8 Å². The highest BCUT2D eigenvalue weighted by molar-refractivity contribution is 5.50. The predicted molar refractivity (Wildman–Crippen MR) is 72.8 cm³/mol. The second-order valence-electron chi connectivity index (χ2n) is 4.62. The third kappa shape index (κ3) is 2.32. The van der Waals surface area contributed by atoms with Gasteiger partial charge in [-0.15, -0.1) is 0 Å². The maximum Gasteiger partial charge on any atom is 0.117 e. The molecule has 0 aliphatic rings. The zero-order valence-corrected chi connectivity index (χ0v) is 11.2. The smallest absolute Gasteiger partial charge is 0.117 e. The largest absolute Gasteiger partial charge is 0.508 e. The van der Waals surface area contributed by atoms with Gasteiger partial charge in [-0.25, -0.2) is 0 Å². The molecule has 1 unspecified atom stereocenters. The Balaban J connectivity index is 2.24. The van der Waals surface area contributed by atoms with Crippen LogP contribution < -0.4 is 5.32 Å². The average molecular weight is 245 g/mol. The lowest BCUT2D eigenvalue weighted by molar-refractivity contribution is 0.475. The van der Waals surface area contributed by atoms with Crippen LogP contribution in [0.25, 0.3) is 0 Å². The minimum atomic E-state index is 0.153. The maximum atomic E-state index is 9.45. The summed E-state index contributed by atoms with van der Waals surface area (Å²) < 4.78 is 1.89. The molecule has 0 fully saturated rings. The van der Waals surface area contributed by atoms with E-state index in [0.29, 0.717) is 0 Å². The molecule has 4 nitrogen and oxygen atoms in total. The molecule has 0 spiro atoms. The SMILES string of the molecule is Cc1nn(C)c(C)c1C(C)Nc1cccc(O)c1. The Bertz CT molecular complexity index is 560. The fraction of sp³-hybridized carbons (Fsp3) is 0.357. The second-order valence-corrected chi connectivity index (χ2v) is 4.62. The van der Waals surface area contributed by atoms with Crippen LogP contribution in [-0.2, 0) is 7.05 Å². The third-order valence-electron chi connectivity index (χ3n) is 3.23. The molecule has 96 valence electrons. The van der Waals surface area contributed by atoms with Gasteiger partial charge in [0.25, 0.3) is 0 Å². The summed E-state index contributed by atoms with van der Waals surface area (Å²) in [5.74, 6) is 0.270. The zero-order chi connectivity index (χ0) is 13.3. The van der Waals surface area contributed by atoms with Gasteiger partial charge in [-0.2, -0.15) is 5.10 Å². The number of hydrogen-bond acceptors (Lipinski definition) is 3. The number of rotatable bonds is 3. The highest BCUT2D eigenvalue weighted by atomic mass is 16.3. The molecule has 0 aliphatic heterocycles. The summed E-state index contributed by atoms with van der Waals surface area (Å²) in [6.07, 6.45) is 0. The molecule has 1 heterocycles. The van der Waals surface area contributed by atoms with Crippen molar-refractivity contribution in [3.05, 3.63) is 41.2 Å². The molecule has 0 radical (unpaired) electrons. The lowest BCUT2D eigenvalue weighted by Gasteiger charge is -2.16. The average Bonchev–Trinajstić information content (AvgIpc) is 2.53. The lowest BCUT2D eigenvalue weighted by Crippen LogP contribution is -2.08. The van der Waals surface area contributed by atoms with Gasteiger partial charge in [-0.3, -0.25) is 4.68 Å². The van der Waals surface area contributed by atoms with Crippen LogP contribution in [0.15, 0.2) is 24.3 Å². The molecule has 0 saturated carbocycles. The summed E-state index contributed by atoms with van der Waals surface area (Å²) in [6, 6.07) is 7.30. The maximum absolute atomic E-state index is 9.45. The van der Waals surface area contributed by atoms with Gasteiger partial charge in [-0.1, -0.05) is 6.07 Å². The monoisotopic (exact) mass is 245 g/mol. The topological polar surface area (TPSA) is 50.1 Å². The number of aryl methyl sites for hydroxylation is 2. The first-order chi connectivity index (χ1) is 8.49. The number of phenolic OH excluding ortho intramolecular Hbond substituents is 1. The summed E-state index contributed by atoms with van der Waals surface area (Å²) in [7, 11) is 1.95. The third-order valence-corrected chi connectivity index (χ3v) is 3.23. The Labute approximate surface area is 107 Å². The first-order valence-electron chi connectivity index (χ1n) is 6.04. The lowest BCUT2D eigenvalue weighted by atomic mass is 10.1. The van der Waals surface area contributed by atoms with Gasteiger partial charge in [-0.05, 0) is 32.9 Å². The highest BCUT2D eigenvalue weighted by Gasteiger charge is 2.16. The van der Waals surface area contributed by atoms with Gasteiger partial charge >= 0.3 is 0 Å². The molecule has 1 atom stereocenters. The number of hydrogen-bond donors (Lipinski definition) is 2. The van der Waals surface area contributed by atoms with Gasteiger partial charge in [0, 0.05) is 30.1 Å². The molecule has 1 aromatic carbocycles. The number of aromatic nitrogens is 2. The fourth-order valence-electron chi connectivity index (χ4n) is 2.33. The van der Waals surface area contributed by atoms with Crippen molar-refractivity contribution in [2.45, 2.75) is 26.8 Å². The van der Waals surface area contributed by atoms with E-state index in [2.05, 4.69) is 24.3 Å². The Kier molecular flexibility index (Phi) is 3.28. The van der Waals surface area contributed by atoms with Gasteiger partial charge in [0.2, 0.25) is 0 Å². The first kappa shape index (κ1) is 12.5. The highest BCUT2D eigenvalue weighted by Crippen LogP contribution is 2.25. The van der Waals surface area contributed by atoms with Crippen molar-refractivity contribution in [1.82, 2.24) is 9.78 Å². The number of nitrogens with one attached hydrogen (secondary N) is 1. The molecular weight excluding hydrogens is 226 g/mol. The van der Waals surface area contributed by atoms with Crippen LogP contribution in [0.5, 0.6) is 5.75 Å². The number of aromatic hydroxyl groups is 1. The van der Waals surface area contributed by atoms with Gasteiger partial charge < -0.3 is 10.4 Å². The number of nitrogens with zero attached hydrogens (tertiary/aromatic N) is 2. The normalized spacial score (nSPS) is 12.4. The van der Waals surface area contributed by atoms with Crippen molar-refractivity contribution < 1.29 is 5.11 Å². The molecule has 2 N–H and O–H groups in total. The molecule has 0 bridgehead atoms. The van der Waals surface area contributed by atoms with Crippen molar-refractivity contribution in [1.29, 1.82) is 0 Å². The minimum absolute atomic E-state index is 0.153. The quantitative estimate of drug-likeness (QED) is 0.874. The van der Waals surface area contributed by atoms with E-state index >= 15 is 0 Å². The van der Waals surface area contributed by atoms with Gasteiger partial charge in [0.15, 0.2) is 0 Å². The van der Waals surface area contributed by atoms with Crippen molar-refractivity contribution >= 4 is 5.69 Å². The van der Waals surface area contributed by atoms with Crippen molar-refractivity contribution in [2.24, 2.45) is 7.05 Å². The summed E-state index contributed by atoms with van der Waals surface area (Å²) >= 11 is 0.